The van der Waals surface area contributed by atoms with Gasteiger partial charge in [0, 0.05) is 19.1 Å². The molecule has 1 N–H and O–H groups in total. The van der Waals surface area contributed by atoms with E-state index in [-0.39, 0.29) is 5.82 Å². The highest BCUT2D eigenvalue weighted by Crippen LogP contribution is 2.34. The van der Waals surface area contributed by atoms with E-state index in [1.807, 2.05) is 12.1 Å². The van der Waals surface area contributed by atoms with Crippen molar-refractivity contribution in [3.63, 3.8) is 0 Å². The van der Waals surface area contributed by atoms with Crippen LogP contribution in [-0.2, 0) is 6.42 Å². The molecule has 0 amide bonds. The van der Waals surface area contributed by atoms with Crippen molar-refractivity contribution in [3.05, 3.63) is 29.6 Å². The predicted octanol–water partition coefficient (Wildman–Crippen LogP) is 1.55. The van der Waals surface area contributed by atoms with Crippen molar-refractivity contribution in [2.24, 2.45) is 0 Å². The molecule has 3 rings (SSSR count). The van der Waals surface area contributed by atoms with Gasteiger partial charge in [0.1, 0.15) is 5.82 Å². The third-order valence-electron chi connectivity index (χ3n) is 3.39. The largest absolute Gasteiger partial charge is 0.364 e. The Morgan fingerprint density at radius 1 is 1.40 bits per heavy atom. The minimum atomic E-state index is -0.0584. The van der Waals surface area contributed by atoms with E-state index in [2.05, 4.69) is 10.2 Å². The van der Waals surface area contributed by atoms with Gasteiger partial charge in [0.25, 0.3) is 0 Å². The summed E-state index contributed by atoms with van der Waals surface area (Å²) in [6, 6.07) is 5.89. The van der Waals surface area contributed by atoms with Crippen molar-refractivity contribution >= 4 is 5.69 Å². The second kappa shape index (κ2) is 3.49. The lowest BCUT2D eigenvalue weighted by Crippen LogP contribution is -2.37. The molecule has 0 bridgehead atoms. The molecule has 1 aromatic rings. The molecule has 0 radical (unpaired) electrons. The maximum atomic E-state index is 13.7. The number of rotatable bonds is 0. The quantitative estimate of drug-likeness (QED) is 0.693. The van der Waals surface area contributed by atoms with E-state index in [1.165, 1.54) is 5.56 Å². The molecule has 0 spiro atoms. The van der Waals surface area contributed by atoms with E-state index in [1.54, 1.807) is 6.07 Å². The normalized spacial score (nSPS) is 24.6. The number of anilines is 1. The number of para-hydroxylation sites is 1. The van der Waals surface area contributed by atoms with Gasteiger partial charge in [0.15, 0.2) is 0 Å². The van der Waals surface area contributed by atoms with Crippen LogP contribution in [0.15, 0.2) is 18.2 Å². The van der Waals surface area contributed by atoms with Crippen molar-refractivity contribution in [1.82, 2.24) is 5.32 Å². The molecule has 1 aromatic carbocycles. The maximum Gasteiger partial charge on any atom is 0.146 e. The van der Waals surface area contributed by atoms with Crippen LogP contribution in [0.5, 0.6) is 0 Å². The van der Waals surface area contributed by atoms with Crippen molar-refractivity contribution < 1.29 is 4.39 Å². The van der Waals surface area contributed by atoms with Gasteiger partial charge in [-0.25, -0.2) is 4.39 Å². The van der Waals surface area contributed by atoms with E-state index in [9.17, 15) is 4.39 Å². The van der Waals surface area contributed by atoms with Crippen LogP contribution in [0, 0.1) is 5.82 Å². The highest BCUT2D eigenvalue weighted by atomic mass is 19.1. The SMILES string of the molecule is Fc1cccc2c1N1CCCNCC1C2. The lowest BCUT2D eigenvalue weighted by Gasteiger charge is -2.24. The Morgan fingerprint density at radius 3 is 3.27 bits per heavy atom. The Morgan fingerprint density at radius 2 is 2.33 bits per heavy atom. The van der Waals surface area contributed by atoms with Crippen LogP contribution in [-0.4, -0.2) is 25.7 Å². The van der Waals surface area contributed by atoms with E-state index in [0.717, 1.165) is 38.2 Å². The number of hydrogen-bond donors (Lipinski definition) is 1. The summed E-state index contributed by atoms with van der Waals surface area (Å²) < 4.78 is 13.7. The van der Waals surface area contributed by atoms with Gasteiger partial charge in [-0.1, -0.05) is 12.1 Å². The minimum Gasteiger partial charge on any atom is -0.364 e. The first-order valence-corrected chi connectivity index (χ1v) is 5.61. The summed E-state index contributed by atoms with van der Waals surface area (Å²) in [5.41, 5.74) is 2.02. The fourth-order valence-electron chi connectivity index (χ4n) is 2.71. The number of fused-ring (bicyclic) bond motifs is 3. The Balaban J connectivity index is 2.02. The highest BCUT2D eigenvalue weighted by Gasteiger charge is 2.31. The molecule has 80 valence electrons. The van der Waals surface area contributed by atoms with Gasteiger partial charge >= 0.3 is 0 Å². The molecule has 2 aliphatic heterocycles. The van der Waals surface area contributed by atoms with Crippen LogP contribution >= 0.6 is 0 Å². The highest BCUT2D eigenvalue weighted by molar-refractivity contribution is 5.60. The second-order valence-corrected chi connectivity index (χ2v) is 4.36. The van der Waals surface area contributed by atoms with Crippen LogP contribution in [0.3, 0.4) is 0 Å². The lowest BCUT2D eigenvalue weighted by atomic mass is 10.1. The fraction of sp³-hybridized carbons (Fsp3) is 0.500. The van der Waals surface area contributed by atoms with Gasteiger partial charge in [0.05, 0.1) is 5.69 Å². The first kappa shape index (κ1) is 9.16. The molecule has 2 aliphatic rings. The van der Waals surface area contributed by atoms with Gasteiger partial charge in [-0.2, -0.15) is 0 Å². The zero-order valence-corrected chi connectivity index (χ0v) is 8.67. The number of nitrogens with zero attached hydrogens (tertiary/aromatic N) is 1. The average Bonchev–Trinajstić information content (AvgIpc) is 2.43. The number of halogens is 1. The van der Waals surface area contributed by atoms with Crippen molar-refractivity contribution in [3.8, 4) is 0 Å². The summed E-state index contributed by atoms with van der Waals surface area (Å²) in [6.07, 6.45) is 2.09. The van der Waals surface area contributed by atoms with Crippen LogP contribution < -0.4 is 10.2 Å². The zero-order valence-electron chi connectivity index (χ0n) is 8.67. The van der Waals surface area contributed by atoms with Gasteiger partial charge in [-0.15, -0.1) is 0 Å². The molecule has 1 fully saturated rings. The zero-order chi connectivity index (χ0) is 10.3. The van der Waals surface area contributed by atoms with Gasteiger partial charge in [0.2, 0.25) is 0 Å². The van der Waals surface area contributed by atoms with E-state index >= 15 is 0 Å². The molecule has 1 unspecified atom stereocenters. The first-order chi connectivity index (χ1) is 7.36. The number of nitrogens with one attached hydrogen (secondary N) is 1. The Bertz CT molecular complexity index is 378. The monoisotopic (exact) mass is 206 g/mol. The van der Waals surface area contributed by atoms with E-state index in [4.69, 9.17) is 0 Å². The number of hydrogen-bond acceptors (Lipinski definition) is 2. The van der Waals surface area contributed by atoms with Crippen LogP contribution in [0.2, 0.25) is 0 Å². The van der Waals surface area contributed by atoms with Crippen LogP contribution in [0.25, 0.3) is 0 Å². The first-order valence-electron chi connectivity index (χ1n) is 5.61. The molecule has 15 heavy (non-hydrogen) atoms. The number of benzene rings is 1. The molecule has 0 saturated carbocycles. The van der Waals surface area contributed by atoms with E-state index in [0.29, 0.717) is 6.04 Å². The summed E-state index contributed by atoms with van der Waals surface area (Å²) >= 11 is 0. The van der Waals surface area contributed by atoms with Gasteiger partial charge in [-0.3, -0.25) is 0 Å². The summed E-state index contributed by atoms with van der Waals surface area (Å²) in [5.74, 6) is -0.0584. The summed E-state index contributed by atoms with van der Waals surface area (Å²) in [7, 11) is 0. The van der Waals surface area contributed by atoms with E-state index < -0.39 is 0 Å². The maximum absolute atomic E-state index is 13.7. The summed E-state index contributed by atoms with van der Waals surface area (Å²) in [6.45, 7) is 3.01. The molecule has 2 nitrogen and oxygen atoms in total. The van der Waals surface area contributed by atoms with Crippen molar-refractivity contribution in [1.29, 1.82) is 0 Å². The summed E-state index contributed by atoms with van der Waals surface area (Å²) in [4.78, 5) is 2.24. The molecule has 0 aliphatic carbocycles. The molecule has 1 atom stereocenters. The molecular weight excluding hydrogens is 191 g/mol. The fourth-order valence-corrected chi connectivity index (χ4v) is 2.71. The molecule has 3 heteroatoms. The van der Waals surface area contributed by atoms with Crippen LogP contribution in [0.1, 0.15) is 12.0 Å². The molecule has 0 aromatic heterocycles. The third kappa shape index (κ3) is 1.42. The molecular formula is C12H15FN2. The third-order valence-corrected chi connectivity index (χ3v) is 3.39. The smallest absolute Gasteiger partial charge is 0.146 e. The Hall–Kier alpha value is -1.09. The Kier molecular flexibility index (Phi) is 2.13. The van der Waals surface area contributed by atoms with Crippen molar-refractivity contribution in [2.75, 3.05) is 24.5 Å². The minimum absolute atomic E-state index is 0.0584. The van der Waals surface area contributed by atoms with Gasteiger partial charge in [-0.05, 0) is 31.0 Å². The lowest BCUT2D eigenvalue weighted by molar-refractivity contribution is 0.595. The average molecular weight is 206 g/mol. The van der Waals surface area contributed by atoms with Crippen LogP contribution in [0.4, 0.5) is 10.1 Å². The summed E-state index contributed by atoms with van der Waals surface area (Å²) in [5, 5.41) is 3.41. The Labute approximate surface area is 89.1 Å². The predicted molar refractivity (Wildman–Crippen MR) is 58.7 cm³/mol. The second-order valence-electron chi connectivity index (χ2n) is 4.36. The van der Waals surface area contributed by atoms with Crippen molar-refractivity contribution in [2.45, 2.75) is 18.9 Å². The topological polar surface area (TPSA) is 15.3 Å². The van der Waals surface area contributed by atoms with Gasteiger partial charge < -0.3 is 10.2 Å². The molecule has 2 heterocycles. The standard InChI is InChI=1S/C12H15FN2/c13-11-4-1-3-9-7-10-8-14-5-2-6-15(10)12(9)11/h1,3-4,10,14H,2,5-8H2. The molecule has 1 saturated heterocycles.